The van der Waals surface area contributed by atoms with E-state index in [4.69, 9.17) is 4.74 Å². The maximum atomic E-state index is 11.4. The normalized spacial score (nSPS) is 10.1. The summed E-state index contributed by atoms with van der Waals surface area (Å²) in [6.45, 7) is 2.02. The molecule has 2 heteroatoms. The number of carbonyl (C=O) groups excluding carboxylic acids is 1. The van der Waals surface area contributed by atoms with E-state index in [-0.39, 0.29) is 5.97 Å². The zero-order valence-corrected chi connectivity index (χ0v) is 10.6. The molecule has 0 aromatic heterocycles. The Morgan fingerprint density at radius 3 is 2.44 bits per heavy atom. The third-order valence-corrected chi connectivity index (χ3v) is 3.00. The molecule has 0 unspecified atom stereocenters. The van der Waals surface area contributed by atoms with Crippen molar-refractivity contribution in [2.75, 3.05) is 7.11 Å². The number of esters is 1. The van der Waals surface area contributed by atoms with Crippen LogP contribution in [0.25, 0.3) is 0 Å². The summed E-state index contributed by atoms with van der Waals surface area (Å²) >= 11 is 0. The minimum atomic E-state index is -0.288. The minimum Gasteiger partial charge on any atom is -0.465 e. The Bertz CT molecular complexity index is 544. The second-order valence-corrected chi connectivity index (χ2v) is 4.30. The van der Waals surface area contributed by atoms with Gasteiger partial charge in [-0.25, -0.2) is 4.79 Å². The maximum absolute atomic E-state index is 11.4. The molecule has 2 rings (SSSR count). The molecule has 18 heavy (non-hydrogen) atoms. The first kappa shape index (κ1) is 12.4. The van der Waals surface area contributed by atoms with Gasteiger partial charge in [-0.2, -0.15) is 0 Å². The molecule has 0 saturated heterocycles. The fraction of sp³-hybridized carbons (Fsp3) is 0.188. The van der Waals surface area contributed by atoms with Gasteiger partial charge in [-0.05, 0) is 42.2 Å². The van der Waals surface area contributed by atoms with Crippen molar-refractivity contribution in [3.05, 3.63) is 70.8 Å². The van der Waals surface area contributed by atoms with Crippen LogP contribution >= 0.6 is 0 Å². The van der Waals surface area contributed by atoms with E-state index in [2.05, 4.69) is 12.1 Å². The van der Waals surface area contributed by atoms with Crippen molar-refractivity contribution >= 4 is 5.97 Å². The lowest BCUT2D eigenvalue weighted by molar-refractivity contribution is 0.0600. The summed E-state index contributed by atoms with van der Waals surface area (Å²) < 4.78 is 4.71. The topological polar surface area (TPSA) is 26.3 Å². The molecule has 0 aliphatic heterocycles. The first-order valence-electron chi connectivity index (χ1n) is 5.92. The molecular weight excluding hydrogens is 224 g/mol. The van der Waals surface area contributed by atoms with E-state index >= 15 is 0 Å². The molecule has 0 radical (unpaired) electrons. The van der Waals surface area contributed by atoms with Crippen LogP contribution in [-0.4, -0.2) is 13.1 Å². The molecule has 0 heterocycles. The number of ether oxygens (including phenoxy) is 1. The van der Waals surface area contributed by atoms with Crippen molar-refractivity contribution in [1.29, 1.82) is 0 Å². The highest BCUT2D eigenvalue weighted by atomic mass is 16.5. The second-order valence-electron chi connectivity index (χ2n) is 4.30. The van der Waals surface area contributed by atoms with Gasteiger partial charge in [-0.1, -0.05) is 36.4 Å². The largest absolute Gasteiger partial charge is 0.465 e. The number of methoxy groups -OCH3 is 1. The lowest BCUT2D eigenvalue weighted by atomic mass is 9.99. The van der Waals surface area contributed by atoms with Gasteiger partial charge in [0.15, 0.2) is 0 Å². The van der Waals surface area contributed by atoms with Gasteiger partial charge < -0.3 is 4.74 Å². The van der Waals surface area contributed by atoms with Gasteiger partial charge in [-0.3, -0.25) is 0 Å². The molecule has 0 saturated carbocycles. The van der Waals surface area contributed by atoms with E-state index in [1.165, 1.54) is 18.2 Å². The highest BCUT2D eigenvalue weighted by Crippen LogP contribution is 2.16. The van der Waals surface area contributed by atoms with Crippen LogP contribution in [-0.2, 0) is 11.2 Å². The van der Waals surface area contributed by atoms with Crippen LogP contribution < -0.4 is 0 Å². The maximum Gasteiger partial charge on any atom is 0.337 e. The molecule has 0 atom stereocenters. The Morgan fingerprint density at radius 1 is 1.11 bits per heavy atom. The summed E-state index contributed by atoms with van der Waals surface area (Å²) in [7, 11) is 1.40. The number of rotatable bonds is 3. The Balaban J connectivity index is 2.23. The van der Waals surface area contributed by atoms with Crippen molar-refractivity contribution in [1.82, 2.24) is 0 Å². The van der Waals surface area contributed by atoms with Crippen molar-refractivity contribution in [3.8, 4) is 0 Å². The van der Waals surface area contributed by atoms with Crippen molar-refractivity contribution in [2.45, 2.75) is 13.3 Å². The van der Waals surface area contributed by atoms with Crippen LogP contribution in [0.5, 0.6) is 0 Å². The molecule has 0 fully saturated rings. The number of hydrogen-bond donors (Lipinski definition) is 0. The Kier molecular flexibility index (Phi) is 3.78. The second kappa shape index (κ2) is 5.50. The zero-order chi connectivity index (χ0) is 13.0. The van der Waals surface area contributed by atoms with Crippen LogP contribution in [0.1, 0.15) is 27.0 Å². The van der Waals surface area contributed by atoms with E-state index in [9.17, 15) is 4.79 Å². The average Bonchev–Trinajstić information content (AvgIpc) is 2.41. The molecule has 2 aromatic rings. The first-order valence-corrected chi connectivity index (χ1v) is 5.92. The van der Waals surface area contributed by atoms with E-state index in [0.29, 0.717) is 5.56 Å². The number of carbonyl (C=O) groups is 1. The van der Waals surface area contributed by atoms with E-state index in [1.54, 1.807) is 0 Å². The Labute approximate surface area is 107 Å². The number of benzene rings is 2. The van der Waals surface area contributed by atoms with E-state index in [1.807, 2.05) is 43.3 Å². The van der Waals surface area contributed by atoms with Crippen molar-refractivity contribution < 1.29 is 9.53 Å². The summed E-state index contributed by atoms with van der Waals surface area (Å²) in [5.41, 5.74) is 4.22. The van der Waals surface area contributed by atoms with Gasteiger partial charge in [0.2, 0.25) is 0 Å². The Morgan fingerprint density at radius 2 is 1.83 bits per heavy atom. The fourth-order valence-corrected chi connectivity index (χ4v) is 1.95. The van der Waals surface area contributed by atoms with Crippen LogP contribution in [0.15, 0.2) is 48.5 Å². The van der Waals surface area contributed by atoms with Crippen molar-refractivity contribution in [2.24, 2.45) is 0 Å². The van der Waals surface area contributed by atoms with Crippen molar-refractivity contribution in [3.63, 3.8) is 0 Å². The molecule has 0 N–H and O–H groups in total. The predicted octanol–water partition coefficient (Wildman–Crippen LogP) is 3.37. The standard InChI is InChI=1S/C16H16O2/c1-12-10-15(16(17)18-2)9-8-14(12)11-13-6-4-3-5-7-13/h3-10H,11H2,1-2H3. The molecule has 0 aliphatic rings. The van der Waals surface area contributed by atoms with Crippen LogP contribution in [0.4, 0.5) is 0 Å². The molecule has 0 spiro atoms. The quantitative estimate of drug-likeness (QED) is 0.769. The monoisotopic (exact) mass is 240 g/mol. The summed E-state index contributed by atoms with van der Waals surface area (Å²) in [6, 6.07) is 16.0. The summed E-state index contributed by atoms with van der Waals surface area (Å²) in [6.07, 6.45) is 0.883. The minimum absolute atomic E-state index is 0.288. The molecule has 2 aromatic carbocycles. The molecule has 92 valence electrons. The summed E-state index contributed by atoms with van der Waals surface area (Å²) in [4.78, 5) is 11.4. The highest BCUT2D eigenvalue weighted by Gasteiger charge is 2.07. The molecule has 0 bridgehead atoms. The highest BCUT2D eigenvalue weighted by molar-refractivity contribution is 5.89. The molecule has 2 nitrogen and oxygen atoms in total. The third-order valence-electron chi connectivity index (χ3n) is 3.00. The summed E-state index contributed by atoms with van der Waals surface area (Å²) in [5, 5.41) is 0. The lowest BCUT2D eigenvalue weighted by Gasteiger charge is -2.08. The third kappa shape index (κ3) is 2.77. The molecule has 0 amide bonds. The SMILES string of the molecule is COC(=O)c1ccc(Cc2ccccc2)c(C)c1. The molecular formula is C16H16O2. The number of hydrogen-bond acceptors (Lipinski definition) is 2. The first-order chi connectivity index (χ1) is 8.70. The van der Waals surface area contributed by atoms with Crippen LogP contribution in [0, 0.1) is 6.92 Å². The van der Waals surface area contributed by atoms with Gasteiger partial charge in [0.05, 0.1) is 12.7 Å². The zero-order valence-electron chi connectivity index (χ0n) is 10.6. The smallest absolute Gasteiger partial charge is 0.337 e. The Hall–Kier alpha value is -2.09. The van der Waals surface area contributed by atoms with Gasteiger partial charge in [-0.15, -0.1) is 0 Å². The van der Waals surface area contributed by atoms with Gasteiger partial charge >= 0.3 is 5.97 Å². The lowest BCUT2D eigenvalue weighted by Crippen LogP contribution is -2.02. The van der Waals surface area contributed by atoms with Crippen LogP contribution in [0.2, 0.25) is 0 Å². The summed E-state index contributed by atoms with van der Waals surface area (Å²) in [5.74, 6) is -0.288. The van der Waals surface area contributed by atoms with Crippen LogP contribution in [0.3, 0.4) is 0 Å². The number of aryl methyl sites for hydroxylation is 1. The van der Waals surface area contributed by atoms with Gasteiger partial charge in [0, 0.05) is 0 Å². The van der Waals surface area contributed by atoms with E-state index in [0.717, 1.165) is 12.0 Å². The van der Waals surface area contributed by atoms with Gasteiger partial charge in [0.25, 0.3) is 0 Å². The van der Waals surface area contributed by atoms with Gasteiger partial charge in [0.1, 0.15) is 0 Å². The fourth-order valence-electron chi connectivity index (χ4n) is 1.95. The van der Waals surface area contributed by atoms with E-state index < -0.39 is 0 Å². The molecule has 0 aliphatic carbocycles. The predicted molar refractivity (Wildman–Crippen MR) is 71.8 cm³/mol. The average molecular weight is 240 g/mol.